The molecule has 4 heteroatoms. The molecule has 0 aliphatic carbocycles. The normalized spacial score (nSPS) is 9.20. The molecule has 2 N–H and O–H groups in total. The minimum absolute atomic E-state index is 0.00788. The van der Waals surface area contributed by atoms with E-state index in [-0.39, 0.29) is 17.2 Å². The molecule has 0 amide bonds. The van der Waals surface area contributed by atoms with Crippen molar-refractivity contribution in [1.29, 1.82) is 0 Å². The van der Waals surface area contributed by atoms with Gasteiger partial charge in [0.1, 0.15) is 0 Å². The van der Waals surface area contributed by atoms with Crippen LogP contribution in [0.4, 0.5) is 0 Å². The zero-order valence-corrected chi connectivity index (χ0v) is 8.58. The van der Waals surface area contributed by atoms with Crippen molar-refractivity contribution < 1.29 is 15.0 Å². The van der Waals surface area contributed by atoms with E-state index in [9.17, 15) is 4.79 Å². The van der Waals surface area contributed by atoms with Gasteiger partial charge in [-0.2, -0.15) is 0 Å². The Hall–Kier alpha value is -1.50. The molecule has 0 bridgehead atoms. The molecule has 0 spiro atoms. The van der Waals surface area contributed by atoms with E-state index in [0.717, 1.165) is 0 Å². The summed E-state index contributed by atoms with van der Waals surface area (Å²) in [7, 11) is 0. The van der Waals surface area contributed by atoms with E-state index < -0.39 is 5.97 Å². The lowest BCUT2D eigenvalue weighted by atomic mass is 10.1. The Labute approximate surface area is 92.3 Å². The van der Waals surface area contributed by atoms with Crippen LogP contribution >= 0.6 is 11.6 Å². The van der Waals surface area contributed by atoms with Crippen LogP contribution in [0.25, 0.3) is 0 Å². The van der Waals surface area contributed by atoms with Gasteiger partial charge in [-0.3, -0.25) is 0 Å². The molecule has 78 valence electrons. The average molecular weight is 225 g/mol. The minimum Gasteiger partial charge on any atom is -0.478 e. The number of aliphatic hydroxyl groups is 1. The van der Waals surface area contributed by atoms with E-state index in [1.165, 1.54) is 12.1 Å². The molecule has 3 nitrogen and oxygen atoms in total. The average Bonchev–Trinajstić information content (AvgIpc) is 2.17. The van der Waals surface area contributed by atoms with E-state index in [1.54, 1.807) is 6.07 Å². The fourth-order valence-corrected chi connectivity index (χ4v) is 1.25. The maximum absolute atomic E-state index is 10.6. The van der Waals surface area contributed by atoms with Crippen LogP contribution in [0, 0.1) is 11.8 Å². The molecule has 0 saturated heterocycles. The summed E-state index contributed by atoms with van der Waals surface area (Å²) < 4.78 is 0. The lowest BCUT2D eigenvalue weighted by Gasteiger charge is -1.98. The molecule has 0 aliphatic heterocycles. The van der Waals surface area contributed by atoms with Gasteiger partial charge in [-0.1, -0.05) is 23.4 Å². The van der Waals surface area contributed by atoms with E-state index in [4.69, 9.17) is 21.8 Å². The topological polar surface area (TPSA) is 57.5 Å². The first-order valence-corrected chi connectivity index (χ1v) is 4.65. The summed E-state index contributed by atoms with van der Waals surface area (Å²) in [5, 5.41) is 17.4. The summed E-state index contributed by atoms with van der Waals surface area (Å²) in [6, 6.07) is 4.49. The third kappa shape index (κ3) is 3.28. The quantitative estimate of drug-likeness (QED) is 0.753. The molecule has 0 aromatic heterocycles. The van der Waals surface area contributed by atoms with Crippen LogP contribution in [-0.4, -0.2) is 22.8 Å². The minimum atomic E-state index is -1.06. The second kappa shape index (κ2) is 5.40. The van der Waals surface area contributed by atoms with Crippen LogP contribution in [0.15, 0.2) is 18.2 Å². The van der Waals surface area contributed by atoms with Gasteiger partial charge in [0.2, 0.25) is 0 Å². The van der Waals surface area contributed by atoms with Gasteiger partial charge in [-0.25, -0.2) is 4.79 Å². The second-order valence-corrected chi connectivity index (χ2v) is 3.18. The third-order valence-electron chi connectivity index (χ3n) is 1.67. The fourth-order valence-electron chi connectivity index (χ4n) is 0.987. The predicted octanol–water partition coefficient (Wildman–Crippen LogP) is 1.77. The number of carboxylic acids is 1. The zero-order valence-electron chi connectivity index (χ0n) is 7.83. The van der Waals surface area contributed by atoms with Gasteiger partial charge >= 0.3 is 5.97 Å². The van der Waals surface area contributed by atoms with Gasteiger partial charge < -0.3 is 10.2 Å². The van der Waals surface area contributed by atoms with Crippen LogP contribution in [0.2, 0.25) is 5.02 Å². The van der Waals surface area contributed by atoms with Gasteiger partial charge in [-0.15, -0.1) is 0 Å². The number of halogens is 1. The Bertz CT molecular complexity index is 429. The predicted molar refractivity (Wildman–Crippen MR) is 57.0 cm³/mol. The maximum Gasteiger partial charge on any atom is 0.337 e. The molecule has 1 aromatic rings. The molecule has 0 atom stereocenters. The van der Waals surface area contributed by atoms with Gasteiger partial charge in [0, 0.05) is 12.0 Å². The van der Waals surface area contributed by atoms with Crippen molar-refractivity contribution in [2.45, 2.75) is 6.42 Å². The number of hydrogen-bond donors (Lipinski definition) is 2. The lowest BCUT2D eigenvalue weighted by Crippen LogP contribution is -1.97. The number of aliphatic hydroxyl groups excluding tert-OH is 1. The van der Waals surface area contributed by atoms with Gasteiger partial charge in [-0.05, 0) is 18.2 Å². The standard InChI is InChI=1S/C11H9ClO3/c12-10-7-8(3-1-2-6-13)4-5-9(10)11(14)15/h4-5,7,13H,2,6H2,(H,14,15). The molecule has 0 unspecified atom stereocenters. The molecule has 0 saturated carbocycles. The summed E-state index contributed by atoms with van der Waals surface area (Å²) in [5.74, 6) is 4.43. The fraction of sp³-hybridized carbons (Fsp3) is 0.182. The van der Waals surface area contributed by atoms with Crippen LogP contribution < -0.4 is 0 Å². The smallest absolute Gasteiger partial charge is 0.337 e. The molecule has 15 heavy (non-hydrogen) atoms. The highest BCUT2D eigenvalue weighted by atomic mass is 35.5. The first-order valence-electron chi connectivity index (χ1n) is 4.27. The molecule has 1 aromatic carbocycles. The highest BCUT2D eigenvalue weighted by Gasteiger charge is 2.07. The molecule has 0 aliphatic rings. The molecule has 1 rings (SSSR count). The van der Waals surface area contributed by atoms with E-state index in [1.807, 2.05) is 0 Å². The van der Waals surface area contributed by atoms with Gasteiger partial charge in [0.05, 0.1) is 17.2 Å². The SMILES string of the molecule is O=C(O)c1ccc(C#CCCO)cc1Cl. The first-order chi connectivity index (χ1) is 7.15. The van der Waals surface area contributed by atoms with Gasteiger partial charge in [0.15, 0.2) is 0 Å². The van der Waals surface area contributed by atoms with Crippen LogP contribution in [0.5, 0.6) is 0 Å². The largest absolute Gasteiger partial charge is 0.478 e. The van der Waals surface area contributed by atoms with E-state index >= 15 is 0 Å². The Kier molecular flexibility index (Phi) is 4.17. The van der Waals surface area contributed by atoms with Crippen LogP contribution in [-0.2, 0) is 0 Å². The van der Waals surface area contributed by atoms with Crippen molar-refractivity contribution in [1.82, 2.24) is 0 Å². The number of hydrogen-bond acceptors (Lipinski definition) is 2. The molecule has 0 fully saturated rings. The number of aromatic carboxylic acids is 1. The molecule has 0 radical (unpaired) electrons. The Balaban J connectivity index is 2.93. The third-order valence-corrected chi connectivity index (χ3v) is 1.98. The Morgan fingerprint density at radius 1 is 1.47 bits per heavy atom. The maximum atomic E-state index is 10.6. The monoisotopic (exact) mass is 224 g/mol. The number of carbonyl (C=O) groups is 1. The number of carboxylic acid groups (broad SMARTS) is 1. The zero-order chi connectivity index (χ0) is 11.3. The van der Waals surface area contributed by atoms with Crippen molar-refractivity contribution in [3.63, 3.8) is 0 Å². The summed E-state index contributed by atoms with van der Waals surface area (Å²) >= 11 is 5.74. The number of benzene rings is 1. The molecular formula is C11H9ClO3. The van der Waals surface area contributed by atoms with Crippen molar-refractivity contribution in [2.24, 2.45) is 0 Å². The summed E-state index contributed by atoms with van der Waals surface area (Å²) in [6.07, 6.45) is 0.387. The van der Waals surface area contributed by atoms with Crippen LogP contribution in [0.1, 0.15) is 22.3 Å². The second-order valence-electron chi connectivity index (χ2n) is 2.78. The van der Waals surface area contributed by atoms with Crippen molar-refractivity contribution >= 4 is 17.6 Å². The van der Waals surface area contributed by atoms with E-state index in [0.29, 0.717) is 12.0 Å². The lowest BCUT2D eigenvalue weighted by molar-refractivity contribution is 0.0697. The van der Waals surface area contributed by atoms with Crippen molar-refractivity contribution in [3.05, 3.63) is 34.3 Å². The van der Waals surface area contributed by atoms with Crippen molar-refractivity contribution in [3.8, 4) is 11.8 Å². The summed E-state index contributed by atoms with van der Waals surface area (Å²) in [5.41, 5.74) is 0.697. The Morgan fingerprint density at radius 3 is 2.73 bits per heavy atom. The van der Waals surface area contributed by atoms with E-state index in [2.05, 4.69) is 11.8 Å². The Morgan fingerprint density at radius 2 is 2.20 bits per heavy atom. The number of rotatable bonds is 2. The molecular weight excluding hydrogens is 216 g/mol. The summed E-state index contributed by atoms with van der Waals surface area (Å²) in [6.45, 7) is 0.00788. The highest BCUT2D eigenvalue weighted by Crippen LogP contribution is 2.17. The van der Waals surface area contributed by atoms with Gasteiger partial charge in [0.25, 0.3) is 0 Å². The van der Waals surface area contributed by atoms with Crippen molar-refractivity contribution in [2.75, 3.05) is 6.61 Å². The van der Waals surface area contributed by atoms with Crippen LogP contribution in [0.3, 0.4) is 0 Å². The molecule has 0 heterocycles. The summed E-state index contributed by atoms with van der Waals surface area (Å²) in [4.78, 5) is 10.6. The first kappa shape index (κ1) is 11.6. The highest BCUT2D eigenvalue weighted by molar-refractivity contribution is 6.33.